The Hall–Kier alpha value is -3.03. The van der Waals surface area contributed by atoms with E-state index in [2.05, 4.69) is 4.98 Å². The monoisotopic (exact) mass is 440 g/mol. The standard InChI is InChI=1S/C22H14ClFN2O3S/c1-10-11(2)30-22(25-10)26-18(12-3-5-13(23)6-4-12)17-19(27)15-9-14(24)7-8-16(15)29-20(17)21(26)28/h3-9,18H,1-2H3. The van der Waals surface area contributed by atoms with Crippen LogP contribution in [0.5, 0.6) is 0 Å². The quantitative estimate of drug-likeness (QED) is 0.418. The number of fused-ring (bicyclic) bond motifs is 2. The number of anilines is 1. The van der Waals surface area contributed by atoms with E-state index in [-0.39, 0.29) is 22.3 Å². The molecule has 3 heterocycles. The van der Waals surface area contributed by atoms with Crippen molar-refractivity contribution in [2.45, 2.75) is 19.9 Å². The number of carbonyl (C=O) groups is 1. The van der Waals surface area contributed by atoms with Crippen molar-refractivity contribution in [1.29, 1.82) is 0 Å². The van der Waals surface area contributed by atoms with E-state index in [0.29, 0.717) is 15.7 Å². The molecule has 1 aliphatic rings. The third-order valence-electron chi connectivity index (χ3n) is 5.24. The Labute approximate surface area is 179 Å². The lowest BCUT2D eigenvalue weighted by molar-refractivity contribution is 0.0971. The van der Waals surface area contributed by atoms with Crippen LogP contribution in [0, 0.1) is 19.7 Å². The molecule has 0 aliphatic carbocycles. The number of aromatic nitrogens is 1. The molecule has 0 radical (unpaired) electrons. The first-order valence-corrected chi connectivity index (χ1v) is 10.3. The SMILES string of the molecule is Cc1nc(N2C(=O)c3oc4ccc(F)cc4c(=O)c3C2c2ccc(Cl)cc2)sc1C. The highest BCUT2D eigenvalue weighted by Gasteiger charge is 2.45. The molecule has 8 heteroatoms. The van der Waals surface area contributed by atoms with Crippen molar-refractivity contribution in [3.63, 3.8) is 0 Å². The maximum atomic E-state index is 13.8. The van der Waals surface area contributed by atoms with Crippen LogP contribution in [0.1, 0.15) is 38.3 Å². The molecular weight excluding hydrogens is 427 g/mol. The first kappa shape index (κ1) is 19.0. The Morgan fingerprint density at radius 1 is 1.13 bits per heavy atom. The Bertz CT molecular complexity index is 1370. The second kappa shape index (κ2) is 6.75. The number of aryl methyl sites for hydroxylation is 2. The van der Waals surface area contributed by atoms with Crippen LogP contribution in [0.25, 0.3) is 11.0 Å². The fourth-order valence-electron chi connectivity index (χ4n) is 3.66. The fourth-order valence-corrected chi connectivity index (χ4v) is 4.72. The van der Waals surface area contributed by atoms with Crippen LogP contribution in [0.4, 0.5) is 9.52 Å². The summed E-state index contributed by atoms with van der Waals surface area (Å²) in [6.45, 7) is 3.78. The van der Waals surface area contributed by atoms with E-state index in [1.807, 2.05) is 13.8 Å². The summed E-state index contributed by atoms with van der Waals surface area (Å²) in [7, 11) is 0. The molecule has 1 aliphatic heterocycles. The lowest BCUT2D eigenvalue weighted by atomic mass is 9.99. The van der Waals surface area contributed by atoms with E-state index in [0.717, 1.165) is 16.6 Å². The Balaban J connectivity index is 1.82. The Morgan fingerprint density at radius 2 is 1.87 bits per heavy atom. The number of carbonyl (C=O) groups excluding carboxylic acids is 1. The summed E-state index contributed by atoms with van der Waals surface area (Å²) >= 11 is 7.40. The molecule has 0 spiro atoms. The third kappa shape index (κ3) is 2.77. The van der Waals surface area contributed by atoms with Crippen LogP contribution in [0.3, 0.4) is 0 Å². The number of benzene rings is 2. The molecule has 0 fully saturated rings. The van der Waals surface area contributed by atoms with Gasteiger partial charge in [0.1, 0.15) is 11.4 Å². The molecular formula is C22H14ClFN2O3S. The summed E-state index contributed by atoms with van der Waals surface area (Å²) in [5.41, 5.74) is 1.38. The zero-order valence-electron chi connectivity index (χ0n) is 15.9. The minimum absolute atomic E-state index is 0.0513. The molecule has 2 aromatic carbocycles. The maximum Gasteiger partial charge on any atom is 0.297 e. The van der Waals surface area contributed by atoms with E-state index >= 15 is 0 Å². The first-order chi connectivity index (χ1) is 14.3. The summed E-state index contributed by atoms with van der Waals surface area (Å²) < 4.78 is 19.6. The highest BCUT2D eigenvalue weighted by molar-refractivity contribution is 7.15. The van der Waals surface area contributed by atoms with Gasteiger partial charge in [0, 0.05) is 9.90 Å². The Morgan fingerprint density at radius 3 is 2.53 bits per heavy atom. The number of amides is 1. The predicted molar refractivity (Wildman–Crippen MR) is 114 cm³/mol. The van der Waals surface area contributed by atoms with Crippen LogP contribution in [-0.4, -0.2) is 10.9 Å². The summed E-state index contributed by atoms with van der Waals surface area (Å²) in [5.74, 6) is -1.06. The number of nitrogens with zero attached hydrogens (tertiary/aromatic N) is 2. The topological polar surface area (TPSA) is 63.4 Å². The van der Waals surface area contributed by atoms with Crippen molar-refractivity contribution in [2.75, 3.05) is 4.90 Å². The van der Waals surface area contributed by atoms with E-state index in [1.165, 1.54) is 28.4 Å². The molecule has 1 unspecified atom stereocenters. The molecule has 0 saturated carbocycles. The highest BCUT2D eigenvalue weighted by Crippen LogP contribution is 2.43. The number of hydrogen-bond donors (Lipinski definition) is 0. The number of hydrogen-bond acceptors (Lipinski definition) is 5. The number of thiazole rings is 1. The third-order valence-corrected chi connectivity index (χ3v) is 6.57. The minimum atomic E-state index is -0.751. The van der Waals surface area contributed by atoms with Crippen molar-refractivity contribution in [1.82, 2.24) is 4.98 Å². The summed E-state index contributed by atoms with van der Waals surface area (Å²) in [5, 5.41) is 1.09. The second-order valence-electron chi connectivity index (χ2n) is 7.08. The van der Waals surface area contributed by atoms with Crippen molar-refractivity contribution in [3.8, 4) is 0 Å². The van der Waals surface area contributed by atoms with Gasteiger partial charge in [-0.15, -0.1) is 11.3 Å². The first-order valence-electron chi connectivity index (χ1n) is 9.14. The van der Waals surface area contributed by atoms with E-state index in [9.17, 15) is 14.0 Å². The van der Waals surface area contributed by atoms with Gasteiger partial charge in [0.25, 0.3) is 5.91 Å². The van der Waals surface area contributed by atoms with E-state index in [1.54, 1.807) is 24.3 Å². The molecule has 5 nitrogen and oxygen atoms in total. The summed E-state index contributed by atoms with van der Waals surface area (Å²) in [6, 6.07) is 9.83. The van der Waals surface area contributed by atoms with Crippen molar-refractivity contribution in [3.05, 3.63) is 91.0 Å². The van der Waals surface area contributed by atoms with Crippen LogP contribution in [0.2, 0.25) is 5.02 Å². The molecule has 30 heavy (non-hydrogen) atoms. The zero-order valence-corrected chi connectivity index (χ0v) is 17.5. The van der Waals surface area contributed by atoms with Crippen LogP contribution in [0.15, 0.2) is 51.7 Å². The van der Waals surface area contributed by atoms with E-state index < -0.39 is 23.2 Å². The normalized spacial score (nSPS) is 15.8. The van der Waals surface area contributed by atoms with Gasteiger partial charge >= 0.3 is 0 Å². The molecule has 1 atom stereocenters. The van der Waals surface area contributed by atoms with E-state index in [4.69, 9.17) is 16.0 Å². The molecule has 150 valence electrons. The van der Waals surface area contributed by atoms with Crippen LogP contribution in [-0.2, 0) is 0 Å². The van der Waals surface area contributed by atoms with Crippen molar-refractivity contribution in [2.24, 2.45) is 0 Å². The smallest absolute Gasteiger partial charge is 0.297 e. The van der Waals surface area contributed by atoms with Crippen molar-refractivity contribution < 1.29 is 13.6 Å². The molecule has 0 bridgehead atoms. The molecule has 0 N–H and O–H groups in total. The van der Waals surface area contributed by atoms with Gasteiger partial charge in [0.2, 0.25) is 5.76 Å². The summed E-state index contributed by atoms with van der Waals surface area (Å²) in [6.07, 6.45) is 0. The number of halogens is 2. The van der Waals surface area contributed by atoms with Crippen LogP contribution >= 0.6 is 22.9 Å². The van der Waals surface area contributed by atoms with Gasteiger partial charge in [-0.2, -0.15) is 0 Å². The zero-order chi connectivity index (χ0) is 21.2. The van der Waals surface area contributed by atoms with Gasteiger partial charge in [-0.3, -0.25) is 14.5 Å². The van der Waals surface area contributed by atoms with Crippen LogP contribution < -0.4 is 10.3 Å². The second-order valence-corrected chi connectivity index (χ2v) is 8.70. The molecule has 5 rings (SSSR count). The Kier molecular flexibility index (Phi) is 4.27. The molecule has 1 amide bonds. The van der Waals surface area contributed by atoms with Gasteiger partial charge < -0.3 is 4.42 Å². The average Bonchev–Trinajstić information content (AvgIpc) is 3.20. The maximum absolute atomic E-state index is 13.8. The summed E-state index contributed by atoms with van der Waals surface area (Å²) in [4.78, 5) is 33.7. The van der Waals surface area contributed by atoms with Crippen molar-refractivity contribution >= 4 is 44.9 Å². The number of rotatable bonds is 2. The lowest BCUT2D eigenvalue weighted by Crippen LogP contribution is -2.29. The molecule has 4 aromatic rings. The molecule has 0 saturated heterocycles. The average molecular weight is 441 g/mol. The van der Waals surface area contributed by atoms with Gasteiger partial charge in [-0.25, -0.2) is 9.37 Å². The van der Waals surface area contributed by atoms with Gasteiger partial charge in [0.05, 0.1) is 22.7 Å². The largest absolute Gasteiger partial charge is 0.450 e. The molecule has 2 aromatic heterocycles. The highest BCUT2D eigenvalue weighted by atomic mass is 35.5. The van der Waals surface area contributed by atoms with Gasteiger partial charge in [-0.05, 0) is 49.7 Å². The fraction of sp³-hybridized carbons (Fsp3) is 0.136. The lowest BCUT2D eigenvalue weighted by Gasteiger charge is -2.22. The predicted octanol–water partition coefficient (Wildman–Crippen LogP) is 5.41. The minimum Gasteiger partial charge on any atom is -0.450 e. The van der Waals surface area contributed by atoms with Gasteiger partial charge in [0.15, 0.2) is 10.6 Å². The van der Waals surface area contributed by atoms with Gasteiger partial charge in [-0.1, -0.05) is 23.7 Å².